The molecule has 2 heterocycles. The first-order chi connectivity index (χ1) is 11.6. The Bertz CT molecular complexity index is 924. The summed E-state index contributed by atoms with van der Waals surface area (Å²) in [5.41, 5.74) is 0.747. The van der Waals surface area contributed by atoms with E-state index in [9.17, 15) is 4.79 Å². The Kier molecular flexibility index (Phi) is 4.85. The van der Waals surface area contributed by atoms with Gasteiger partial charge in [0.25, 0.3) is 5.56 Å². The normalized spacial score (nSPS) is 12.1. The summed E-state index contributed by atoms with van der Waals surface area (Å²) in [5.74, 6) is 1.49. The molecule has 0 fully saturated rings. The first-order valence-electron chi connectivity index (χ1n) is 7.52. The van der Waals surface area contributed by atoms with Gasteiger partial charge in [0, 0.05) is 34.4 Å². The Morgan fingerprint density at radius 2 is 2.08 bits per heavy atom. The first-order valence-corrected chi connectivity index (χ1v) is 8.31. The van der Waals surface area contributed by atoms with E-state index in [1.54, 1.807) is 30.1 Å². The van der Waals surface area contributed by atoms with Crippen molar-refractivity contribution in [2.24, 2.45) is 0 Å². The Labute approximate surface area is 148 Å². The molecule has 0 amide bonds. The third-order valence-corrected chi connectivity index (χ3v) is 4.11. The van der Waals surface area contributed by atoms with Gasteiger partial charge in [-0.3, -0.25) is 9.78 Å². The molecule has 0 N–H and O–H groups in total. The summed E-state index contributed by atoms with van der Waals surface area (Å²) in [7, 11) is 1.62. The lowest BCUT2D eigenvalue weighted by atomic mass is 10.2. The monoisotopic (exact) mass is 388 g/mol. The van der Waals surface area contributed by atoms with Gasteiger partial charge in [0.1, 0.15) is 17.6 Å². The molecule has 0 aliphatic rings. The summed E-state index contributed by atoms with van der Waals surface area (Å²) in [6, 6.07) is 10.8. The zero-order valence-electron chi connectivity index (χ0n) is 13.4. The van der Waals surface area contributed by atoms with Crippen LogP contribution in [0.1, 0.15) is 6.92 Å². The van der Waals surface area contributed by atoms with Crippen molar-refractivity contribution in [1.82, 2.24) is 9.55 Å². The van der Waals surface area contributed by atoms with Crippen LogP contribution in [0, 0.1) is 0 Å². The standard InChI is InChI=1S/C18H17BrN2O3/c1-12(10-21-11-13(19)3-6-18(21)22)24-17-7-8-20-16-9-14(23-2)4-5-15(16)17/h3-9,11-12H,10H2,1-2H3. The first kappa shape index (κ1) is 16.5. The van der Waals surface area contributed by atoms with Crippen molar-refractivity contribution in [3.63, 3.8) is 0 Å². The fourth-order valence-corrected chi connectivity index (χ4v) is 2.89. The number of aromatic nitrogens is 2. The quantitative estimate of drug-likeness (QED) is 0.669. The van der Waals surface area contributed by atoms with Crippen LogP contribution in [0.25, 0.3) is 10.9 Å². The zero-order chi connectivity index (χ0) is 17.1. The number of nitrogens with zero attached hydrogens (tertiary/aromatic N) is 2. The predicted octanol–water partition coefficient (Wildman–Crippen LogP) is 3.64. The van der Waals surface area contributed by atoms with E-state index in [4.69, 9.17) is 9.47 Å². The van der Waals surface area contributed by atoms with Gasteiger partial charge < -0.3 is 14.0 Å². The second-order valence-corrected chi connectivity index (χ2v) is 6.37. The lowest BCUT2D eigenvalue weighted by Gasteiger charge is -2.17. The fraction of sp³-hybridized carbons (Fsp3) is 0.222. The number of fused-ring (bicyclic) bond motifs is 1. The third-order valence-electron chi connectivity index (χ3n) is 3.64. The van der Waals surface area contributed by atoms with Crippen LogP contribution in [-0.2, 0) is 6.54 Å². The molecule has 3 rings (SSSR count). The van der Waals surface area contributed by atoms with E-state index in [-0.39, 0.29) is 11.7 Å². The highest BCUT2D eigenvalue weighted by Gasteiger charge is 2.10. The summed E-state index contributed by atoms with van der Waals surface area (Å²) in [4.78, 5) is 16.3. The van der Waals surface area contributed by atoms with Crippen LogP contribution in [0.5, 0.6) is 11.5 Å². The molecule has 1 aromatic carbocycles. The Balaban J connectivity index is 1.84. The molecule has 0 spiro atoms. The van der Waals surface area contributed by atoms with Gasteiger partial charge in [-0.2, -0.15) is 0 Å². The van der Waals surface area contributed by atoms with Crippen molar-refractivity contribution in [2.75, 3.05) is 7.11 Å². The van der Waals surface area contributed by atoms with Crippen molar-refractivity contribution in [3.8, 4) is 11.5 Å². The third kappa shape index (κ3) is 3.59. The Morgan fingerprint density at radius 1 is 1.25 bits per heavy atom. The number of methoxy groups -OCH3 is 1. The second-order valence-electron chi connectivity index (χ2n) is 5.46. The van der Waals surface area contributed by atoms with E-state index >= 15 is 0 Å². The van der Waals surface area contributed by atoms with Crippen molar-refractivity contribution in [3.05, 3.63) is 63.6 Å². The summed E-state index contributed by atoms with van der Waals surface area (Å²) in [5, 5.41) is 0.909. The van der Waals surface area contributed by atoms with Crippen LogP contribution < -0.4 is 15.0 Å². The van der Waals surface area contributed by atoms with E-state index < -0.39 is 0 Å². The zero-order valence-corrected chi connectivity index (χ0v) is 15.0. The van der Waals surface area contributed by atoms with Crippen molar-refractivity contribution >= 4 is 26.8 Å². The highest BCUT2D eigenvalue weighted by molar-refractivity contribution is 9.10. The number of rotatable bonds is 5. The van der Waals surface area contributed by atoms with Crippen molar-refractivity contribution < 1.29 is 9.47 Å². The summed E-state index contributed by atoms with van der Waals surface area (Å²) < 4.78 is 13.8. The number of hydrogen-bond acceptors (Lipinski definition) is 4. The molecule has 0 bridgehead atoms. The van der Waals surface area contributed by atoms with E-state index in [0.717, 1.165) is 26.9 Å². The van der Waals surface area contributed by atoms with Gasteiger partial charge in [0.2, 0.25) is 0 Å². The van der Waals surface area contributed by atoms with Crippen LogP contribution in [0.3, 0.4) is 0 Å². The van der Waals surface area contributed by atoms with Gasteiger partial charge >= 0.3 is 0 Å². The van der Waals surface area contributed by atoms with Gasteiger partial charge in [0.15, 0.2) is 0 Å². The molecule has 0 aliphatic carbocycles. The van der Waals surface area contributed by atoms with Gasteiger partial charge in [-0.1, -0.05) is 0 Å². The smallest absolute Gasteiger partial charge is 0.250 e. The molecule has 0 saturated heterocycles. The van der Waals surface area contributed by atoms with Crippen molar-refractivity contribution in [2.45, 2.75) is 19.6 Å². The number of benzene rings is 1. The molecule has 1 unspecified atom stereocenters. The summed E-state index contributed by atoms with van der Waals surface area (Å²) in [6.45, 7) is 2.39. The molecule has 3 aromatic rings. The Hall–Kier alpha value is -2.34. The number of ether oxygens (including phenoxy) is 2. The second kappa shape index (κ2) is 7.05. The number of hydrogen-bond donors (Lipinski definition) is 0. The van der Waals surface area contributed by atoms with E-state index in [1.807, 2.05) is 31.2 Å². The SMILES string of the molecule is COc1ccc2c(OC(C)Cn3cc(Br)ccc3=O)ccnc2c1. The van der Waals surface area contributed by atoms with E-state index in [2.05, 4.69) is 20.9 Å². The van der Waals surface area contributed by atoms with Gasteiger partial charge in [-0.05, 0) is 47.1 Å². The van der Waals surface area contributed by atoms with Gasteiger partial charge in [-0.25, -0.2) is 0 Å². The lowest BCUT2D eigenvalue weighted by molar-refractivity contribution is 0.200. The van der Waals surface area contributed by atoms with E-state index in [0.29, 0.717) is 6.54 Å². The fourth-order valence-electron chi connectivity index (χ4n) is 2.51. The molecule has 1 atom stereocenters. The van der Waals surface area contributed by atoms with Crippen molar-refractivity contribution in [1.29, 1.82) is 0 Å². The van der Waals surface area contributed by atoms with Crippen LogP contribution in [0.2, 0.25) is 0 Å². The average molecular weight is 389 g/mol. The molecule has 24 heavy (non-hydrogen) atoms. The van der Waals surface area contributed by atoms with Crippen LogP contribution in [0.15, 0.2) is 58.1 Å². The minimum atomic E-state index is -0.176. The minimum absolute atomic E-state index is 0.0574. The molecule has 124 valence electrons. The molecule has 0 radical (unpaired) electrons. The predicted molar refractivity (Wildman–Crippen MR) is 96.8 cm³/mol. The van der Waals surface area contributed by atoms with Gasteiger partial charge in [0.05, 0.1) is 19.2 Å². The molecular weight excluding hydrogens is 372 g/mol. The number of halogens is 1. The summed E-state index contributed by atoms with van der Waals surface area (Å²) in [6.07, 6.45) is 3.29. The molecule has 0 aliphatic heterocycles. The maximum Gasteiger partial charge on any atom is 0.250 e. The van der Waals surface area contributed by atoms with E-state index in [1.165, 1.54) is 6.07 Å². The molecule has 2 aromatic heterocycles. The average Bonchev–Trinajstić information content (AvgIpc) is 2.58. The minimum Gasteiger partial charge on any atom is -0.497 e. The largest absolute Gasteiger partial charge is 0.497 e. The molecule has 6 heteroatoms. The molecular formula is C18H17BrN2O3. The maximum absolute atomic E-state index is 11.9. The van der Waals surface area contributed by atoms with Crippen LogP contribution in [0.4, 0.5) is 0 Å². The van der Waals surface area contributed by atoms with Crippen LogP contribution in [-0.4, -0.2) is 22.8 Å². The number of pyridine rings is 2. The molecule has 5 nitrogen and oxygen atoms in total. The van der Waals surface area contributed by atoms with Crippen LogP contribution >= 0.6 is 15.9 Å². The summed E-state index contributed by atoms with van der Waals surface area (Å²) >= 11 is 3.38. The van der Waals surface area contributed by atoms with Gasteiger partial charge in [-0.15, -0.1) is 0 Å². The maximum atomic E-state index is 11.9. The lowest BCUT2D eigenvalue weighted by Crippen LogP contribution is -2.27. The highest BCUT2D eigenvalue weighted by atomic mass is 79.9. The topological polar surface area (TPSA) is 53.4 Å². The highest BCUT2D eigenvalue weighted by Crippen LogP contribution is 2.27. The molecule has 0 saturated carbocycles. The Morgan fingerprint density at radius 3 is 2.88 bits per heavy atom.